The lowest BCUT2D eigenvalue weighted by Crippen LogP contribution is -2.44. The fourth-order valence-electron chi connectivity index (χ4n) is 4.22. The van der Waals surface area contributed by atoms with Gasteiger partial charge in [0.1, 0.15) is 0 Å². The molecule has 1 saturated heterocycles. The summed E-state index contributed by atoms with van der Waals surface area (Å²) in [5, 5.41) is 3.46. The molecular weight excluding hydrogens is 334 g/mol. The normalized spacial score (nSPS) is 17.9. The molecule has 1 atom stereocenters. The van der Waals surface area contributed by atoms with Crippen molar-refractivity contribution in [3.63, 3.8) is 0 Å². The van der Waals surface area contributed by atoms with Crippen LogP contribution in [0.5, 0.6) is 0 Å². The van der Waals surface area contributed by atoms with Crippen LogP contribution in [-0.2, 0) is 24.3 Å². The first kappa shape index (κ1) is 18.2. The molecule has 2 aromatic rings. The Morgan fingerprint density at radius 1 is 1.00 bits per heavy atom. The quantitative estimate of drug-likeness (QED) is 0.855. The maximum atomic E-state index is 12.9. The van der Waals surface area contributed by atoms with Gasteiger partial charge < -0.3 is 10.2 Å². The van der Waals surface area contributed by atoms with Crippen molar-refractivity contribution in [2.45, 2.75) is 45.3 Å². The molecule has 1 N–H and O–H groups in total. The molecule has 4 heteroatoms. The zero-order valence-electron chi connectivity index (χ0n) is 16.2. The van der Waals surface area contributed by atoms with Gasteiger partial charge >= 0.3 is 0 Å². The minimum Gasteiger partial charge on any atom is -0.310 e. The van der Waals surface area contributed by atoms with Gasteiger partial charge in [-0.2, -0.15) is 0 Å². The molecule has 2 aromatic carbocycles. The SMILES string of the molecule is C[C@H](NCc1ccccc1CN1CCCC1)C(=O)N1CCc2ccccc21. The number of para-hydroxylation sites is 1. The molecule has 2 aliphatic rings. The van der Waals surface area contributed by atoms with Gasteiger partial charge in [0.05, 0.1) is 6.04 Å². The minimum absolute atomic E-state index is 0.164. The summed E-state index contributed by atoms with van der Waals surface area (Å²) in [5.74, 6) is 0.164. The van der Waals surface area contributed by atoms with Crippen LogP contribution in [0.1, 0.15) is 36.5 Å². The smallest absolute Gasteiger partial charge is 0.243 e. The molecular formula is C23H29N3O. The number of benzene rings is 2. The van der Waals surface area contributed by atoms with E-state index in [0.717, 1.165) is 31.7 Å². The van der Waals surface area contributed by atoms with Crippen LogP contribution in [0.2, 0.25) is 0 Å². The molecule has 4 nitrogen and oxygen atoms in total. The number of rotatable bonds is 6. The second-order valence-corrected chi connectivity index (χ2v) is 7.72. The lowest BCUT2D eigenvalue weighted by atomic mass is 10.1. The molecule has 2 heterocycles. The second-order valence-electron chi connectivity index (χ2n) is 7.72. The Morgan fingerprint density at radius 2 is 1.70 bits per heavy atom. The Balaban J connectivity index is 1.38. The van der Waals surface area contributed by atoms with E-state index in [-0.39, 0.29) is 11.9 Å². The Kier molecular flexibility index (Phi) is 5.55. The molecule has 4 rings (SSSR count). The third-order valence-corrected chi connectivity index (χ3v) is 5.83. The van der Waals surface area contributed by atoms with Crippen LogP contribution in [0.25, 0.3) is 0 Å². The van der Waals surface area contributed by atoms with Gasteiger partial charge in [-0.1, -0.05) is 42.5 Å². The van der Waals surface area contributed by atoms with Crippen molar-refractivity contribution in [3.8, 4) is 0 Å². The first-order chi connectivity index (χ1) is 13.2. The van der Waals surface area contributed by atoms with E-state index in [1.54, 1.807) is 0 Å². The Hall–Kier alpha value is -2.17. The van der Waals surface area contributed by atoms with Crippen LogP contribution in [0.15, 0.2) is 48.5 Å². The Bertz CT molecular complexity index is 798. The van der Waals surface area contributed by atoms with E-state index in [4.69, 9.17) is 0 Å². The molecule has 0 bridgehead atoms. The van der Waals surface area contributed by atoms with Crippen molar-refractivity contribution in [1.29, 1.82) is 0 Å². The van der Waals surface area contributed by atoms with Crippen LogP contribution in [-0.4, -0.2) is 36.5 Å². The number of carbonyl (C=O) groups excluding carboxylic acids is 1. The van der Waals surface area contributed by atoms with Crippen LogP contribution < -0.4 is 10.2 Å². The first-order valence-corrected chi connectivity index (χ1v) is 10.1. The fraction of sp³-hybridized carbons (Fsp3) is 0.435. The summed E-state index contributed by atoms with van der Waals surface area (Å²) in [7, 11) is 0. The average molecular weight is 364 g/mol. The third-order valence-electron chi connectivity index (χ3n) is 5.83. The highest BCUT2D eigenvalue weighted by atomic mass is 16.2. The number of likely N-dealkylation sites (tertiary alicyclic amines) is 1. The number of nitrogens with one attached hydrogen (secondary N) is 1. The van der Waals surface area contributed by atoms with Crippen molar-refractivity contribution in [1.82, 2.24) is 10.2 Å². The highest BCUT2D eigenvalue weighted by molar-refractivity contribution is 5.98. The summed E-state index contributed by atoms with van der Waals surface area (Å²) in [5.41, 5.74) is 5.02. The second kappa shape index (κ2) is 8.24. The lowest BCUT2D eigenvalue weighted by molar-refractivity contribution is -0.120. The Morgan fingerprint density at radius 3 is 2.52 bits per heavy atom. The van der Waals surface area contributed by atoms with E-state index < -0.39 is 0 Å². The van der Waals surface area contributed by atoms with Crippen molar-refractivity contribution in [2.75, 3.05) is 24.5 Å². The van der Waals surface area contributed by atoms with Gasteiger partial charge in [-0.15, -0.1) is 0 Å². The van der Waals surface area contributed by atoms with Crippen LogP contribution >= 0.6 is 0 Å². The van der Waals surface area contributed by atoms with E-state index >= 15 is 0 Å². The van der Waals surface area contributed by atoms with Crippen molar-refractivity contribution >= 4 is 11.6 Å². The molecule has 0 unspecified atom stereocenters. The van der Waals surface area contributed by atoms with Gasteiger partial charge in [-0.25, -0.2) is 0 Å². The van der Waals surface area contributed by atoms with Crippen molar-refractivity contribution < 1.29 is 4.79 Å². The zero-order chi connectivity index (χ0) is 18.6. The molecule has 0 saturated carbocycles. The zero-order valence-corrected chi connectivity index (χ0v) is 16.2. The highest BCUT2D eigenvalue weighted by Gasteiger charge is 2.27. The molecule has 0 radical (unpaired) electrons. The van der Waals surface area contributed by atoms with Crippen LogP contribution in [0, 0.1) is 0 Å². The molecule has 2 aliphatic heterocycles. The van der Waals surface area contributed by atoms with Gasteiger partial charge in [0, 0.05) is 25.3 Å². The van der Waals surface area contributed by atoms with E-state index in [1.807, 2.05) is 24.0 Å². The number of amides is 1. The van der Waals surface area contributed by atoms with Crippen LogP contribution in [0.4, 0.5) is 5.69 Å². The van der Waals surface area contributed by atoms with Crippen molar-refractivity contribution in [3.05, 3.63) is 65.2 Å². The minimum atomic E-state index is -0.198. The number of fused-ring (bicyclic) bond motifs is 1. The van der Waals surface area contributed by atoms with E-state index in [2.05, 4.69) is 46.6 Å². The lowest BCUT2D eigenvalue weighted by Gasteiger charge is -2.23. The van der Waals surface area contributed by atoms with Gasteiger partial charge in [-0.3, -0.25) is 9.69 Å². The maximum Gasteiger partial charge on any atom is 0.243 e. The van der Waals surface area contributed by atoms with Crippen molar-refractivity contribution in [2.24, 2.45) is 0 Å². The van der Waals surface area contributed by atoms with E-state index in [1.165, 1.54) is 42.6 Å². The molecule has 142 valence electrons. The standard InChI is InChI=1S/C23H29N3O/c1-18(23(27)26-15-12-19-8-4-5-11-22(19)26)24-16-20-9-2-3-10-21(20)17-25-13-6-7-14-25/h2-5,8-11,18,24H,6-7,12-17H2,1H3/t18-/m0/s1. The molecule has 1 amide bonds. The summed E-state index contributed by atoms with van der Waals surface area (Å²) in [4.78, 5) is 17.4. The third kappa shape index (κ3) is 4.07. The predicted molar refractivity (Wildman–Crippen MR) is 110 cm³/mol. The summed E-state index contributed by atoms with van der Waals surface area (Å²) < 4.78 is 0. The van der Waals surface area contributed by atoms with Gasteiger partial charge in [-0.05, 0) is 62.0 Å². The summed E-state index contributed by atoms with van der Waals surface area (Å²) >= 11 is 0. The predicted octanol–water partition coefficient (Wildman–Crippen LogP) is 3.35. The monoisotopic (exact) mass is 363 g/mol. The summed E-state index contributed by atoms with van der Waals surface area (Å²) in [6.07, 6.45) is 3.57. The van der Waals surface area contributed by atoms with E-state index in [0.29, 0.717) is 0 Å². The van der Waals surface area contributed by atoms with Gasteiger partial charge in [0.2, 0.25) is 5.91 Å². The number of nitrogens with zero attached hydrogens (tertiary/aromatic N) is 2. The van der Waals surface area contributed by atoms with Gasteiger partial charge in [0.15, 0.2) is 0 Å². The first-order valence-electron chi connectivity index (χ1n) is 10.1. The van der Waals surface area contributed by atoms with E-state index in [9.17, 15) is 4.79 Å². The van der Waals surface area contributed by atoms with Crippen LogP contribution in [0.3, 0.4) is 0 Å². The van der Waals surface area contributed by atoms with Gasteiger partial charge in [0.25, 0.3) is 0 Å². The molecule has 0 spiro atoms. The largest absolute Gasteiger partial charge is 0.310 e. The average Bonchev–Trinajstić information content (AvgIpc) is 3.36. The number of anilines is 1. The summed E-state index contributed by atoms with van der Waals surface area (Å²) in [6.45, 7) is 6.91. The number of hydrogen-bond donors (Lipinski definition) is 1. The molecule has 0 aliphatic carbocycles. The molecule has 27 heavy (non-hydrogen) atoms. The molecule has 0 aromatic heterocycles. The summed E-state index contributed by atoms with van der Waals surface area (Å²) in [6, 6.07) is 16.6. The highest BCUT2D eigenvalue weighted by Crippen LogP contribution is 2.28. The topological polar surface area (TPSA) is 35.6 Å². The maximum absolute atomic E-state index is 12.9. The Labute approximate surface area is 162 Å². The number of hydrogen-bond acceptors (Lipinski definition) is 3. The number of carbonyl (C=O) groups is 1. The fourth-order valence-corrected chi connectivity index (χ4v) is 4.22. The molecule has 1 fully saturated rings.